The Labute approximate surface area is 161 Å². The van der Waals surface area contributed by atoms with Crippen LogP contribution in [0.3, 0.4) is 0 Å². The topological polar surface area (TPSA) is 113 Å². The summed E-state index contributed by atoms with van der Waals surface area (Å²) in [7, 11) is -7.87. The lowest BCUT2D eigenvalue weighted by Gasteiger charge is -2.26. The van der Waals surface area contributed by atoms with Gasteiger partial charge in [-0.05, 0) is 32.8 Å². The minimum absolute atomic E-state index is 0.114. The third-order valence-corrected chi connectivity index (χ3v) is 4.25. The lowest BCUT2D eigenvalue weighted by molar-refractivity contribution is -0.155. The highest BCUT2D eigenvalue weighted by atomic mass is 32.2. The summed E-state index contributed by atoms with van der Waals surface area (Å²) in [5.74, 6) is -0.559. The summed E-state index contributed by atoms with van der Waals surface area (Å²) in [6.45, 7) is 5.11. The molecule has 0 amide bonds. The van der Waals surface area contributed by atoms with Gasteiger partial charge in [0.2, 0.25) is 0 Å². The Hall–Kier alpha value is -1.49. The van der Waals surface area contributed by atoms with Gasteiger partial charge >= 0.3 is 5.97 Å². The molecule has 0 fully saturated rings. The van der Waals surface area contributed by atoms with Gasteiger partial charge in [0.1, 0.15) is 17.8 Å². The van der Waals surface area contributed by atoms with Crippen LogP contribution in [-0.4, -0.2) is 47.0 Å². The van der Waals surface area contributed by atoms with Crippen molar-refractivity contribution >= 4 is 26.2 Å². The number of benzene rings is 1. The van der Waals surface area contributed by atoms with Gasteiger partial charge in [-0.2, -0.15) is 16.8 Å². The molecule has 0 bridgehead atoms. The van der Waals surface area contributed by atoms with Crippen molar-refractivity contribution in [3.8, 4) is 0 Å². The van der Waals surface area contributed by atoms with Gasteiger partial charge in [0.05, 0.1) is 12.5 Å². The highest BCUT2D eigenvalue weighted by molar-refractivity contribution is 7.86. The van der Waals surface area contributed by atoms with E-state index in [4.69, 9.17) is 13.1 Å². The predicted octanol–water partition coefficient (Wildman–Crippen LogP) is 2.17. The van der Waals surface area contributed by atoms with Crippen molar-refractivity contribution in [2.45, 2.75) is 51.4 Å². The summed E-state index contributed by atoms with van der Waals surface area (Å²) in [4.78, 5) is 12.0. The van der Waals surface area contributed by atoms with E-state index in [-0.39, 0.29) is 12.8 Å². The maximum atomic E-state index is 12.0. The zero-order valence-electron chi connectivity index (χ0n) is 16.0. The lowest BCUT2D eigenvalue weighted by Crippen LogP contribution is -2.30. The maximum absolute atomic E-state index is 12.0. The van der Waals surface area contributed by atoms with Gasteiger partial charge in [-0.3, -0.25) is 13.2 Å². The average molecular weight is 423 g/mol. The fourth-order valence-electron chi connectivity index (χ4n) is 2.29. The molecule has 0 aliphatic rings. The molecular weight excluding hydrogens is 396 g/mol. The Morgan fingerprint density at radius 3 is 1.93 bits per heavy atom. The molecule has 0 spiro atoms. The molecule has 27 heavy (non-hydrogen) atoms. The molecular formula is C17H26O8S2. The maximum Gasteiger partial charge on any atom is 0.306 e. The standard InChI is InChI=1S/C17H26O8S2/c1-17(2,3)23-15(18)12-11-14(24-26(4,19)20)16(25-27(5,21)22)13-9-7-6-8-10-13/h6-10,14,16H,11-12H2,1-5H3/t14-,16-/m1/s1. The molecule has 0 N–H and O–H groups in total. The number of rotatable bonds is 9. The quantitative estimate of drug-likeness (QED) is 0.439. The van der Waals surface area contributed by atoms with E-state index in [1.54, 1.807) is 51.1 Å². The molecule has 1 aromatic rings. The fraction of sp³-hybridized carbons (Fsp3) is 0.588. The predicted molar refractivity (Wildman–Crippen MR) is 99.9 cm³/mol. The molecule has 0 saturated heterocycles. The first-order valence-electron chi connectivity index (χ1n) is 8.19. The van der Waals surface area contributed by atoms with Crippen LogP contribution in [0.1, 0.15) is 45.3 Å². The number of ether oxygens (including phenoxy) is 1. The minimum Gasteiger partial charge on any atom is -0.460 e. The summed E-state index contributed by atoms with van der Waals surface area (Å²) < 4.78 is 62.1. The largest absolute Gasteiger partial charge is 0.460 e. The number of hydrogen-bond acceptors (Lipinski definition) is 8. The molecule has 0 saturated carbocycles. The number of esters is 1. The monoisotopic (exact) mass is 422 g/mol. The van der Waals surface area contributed by atoms with Gasteiger partial charge in [-0.15, -0.1) is 0 Å². The van der Waals surface area contributed by atoms with E-state index in [1.807, 2.05) is 0 Å². The number of hydrogen-bond donors (Lipinski definition) is 0. The van der Waals surface area contributed by atoms with Crippen LogP contribution < -0.4 is 0 Å². The van der Waals surface area contributed by atoms with E-state index in [1.165, 1.54) is 0 Å². The molecule has 0 aliphatic heterocycles. The highest BCUT2D eigenvalue weighted by Gasteiger charge is 2.32. The molecule has 8 nitrogen and oxygen atoms in total. The van der Waals surface area contributed by atoms with E-state index in [9.17, 15) is 21.6 Å². The van der Waals surface area contributed by atoms with Crippen molar-refractivity contribution in [3.05, 3.63) is 35.9 Å². The van der Waals surface area contributed by atoms with Gasteiger partial charge in [-0.25, -0.2) is 0 Å². The second-order valence-corrected chi connectivity index (χ2v) is 10.3. The van der Waals surface area contributed by atoms with Crippen LogP contribution in [-0.2, 0) is 38.1 Å². The summed E-state index contributed by atoms with van der Waals surface area (Å²) in [6.07, 6.45) is -1.06. The first kappa shape index (κ1) is 23.5. The molecule has 0 unspecified atom stereocenters. The van der Waals surface area contributed by atoms with Gasteiger partial charge in [0, 0.05) is 6.42 Å². The van der Waals surface area contributed by atoms with E-state index < -0.39 is 44.0 Å². The highest BCUT2D eigenvalue weighted by Crippen LogP contribution is 2.29. The Kier molecular flexibility index (Phi) is 7.97. The molecule has 0 heterocycles. The van der Waals surface area contributed by atoms with Crippen molar-refractivity contribution in [2.75, 3.05) is 12.5 Å². The SMILES string of the molecule is CC(C)(C)OC(=O)CC[C@@H](OS(C)(=O)=O)[C@H](OS(C)(=O)=O)c1ccccc1. The van der Waals surface area contributed by atoms with E-state index in [0.717, 1.165) is 12.5 Å². The zero-order chi connectivity index (χ0) is 20.9. The second-order valence-electron chi connectivity index (χ2n) is 7.10. The molecule has 2 atom stereocenters. The van der Waals surface area contributed by atoms with E-state index in [0.29, 0.717) is 5.56 Å². The van der Waals surface area contributed by atoms with Crippen LogP contribution in [0.5, 0.6) is 0 Å². The number of carbonyl (C=O) groups excluding carboxylic acids is 1. The smallest absolute Gasteiger partial charge is 0.306 e. The van der Waals surface area contributed by atoms with Crippen molar-refractivity contribution in [2.24, 2.45) is 0 Å². The summed E-state index contributed by atoms with van der Waals surface area (Å²) in [6, 6.07) is 8.19. The van der Waals surface area contributed by atoms with Gasteiger partial charge in [-0.1, -0.05) is 30.3 Å². The van der Waals surface area contributed by atoms with Crippen molar-refractivity contribution < 1.29 is 34.7 Å². The Morgan fingerprint density at radius 1 is 0.963 bits per heavy atom. The summed E-state index contributed by atoms with van der Waals surface area (Å²) in [5, 5.41) is 0. The molecule has 0 aliphatic carbocycles. The molecule has 1 aromatic carbocycles. The average Bonchev–Trinajstić information content (AvgIpc) is 2.46. The minimum atomic E-state index is -3.94. The molecule has 154 valence electrons. The Balaban J connectivity index is 3.13. The lowest BCUT2D eigenvalue weighted by atomic mass is 10.0. The van der Waals surface area contributed by atoms with Gasteiger partial charge in [0.25, 0.3) is 20.2 Å². The fourth-order valence-corrected chi connectivity index (χ4v) is 3.55. The van der Waals surface area contributed by atoms with Gasteiger partial charge in [0.15, 0.2) is 0 Å². The van der Waals surface area contributed by atoms with Gasteiger partial charge < -0.3 is 4.74 Å². The Bertz CT molecular complexity index is 823. The molecule has 1 rings (SSSR count). The van der Waals surface area contributed by atoms with E-state index >= 15 is 0 Å². The number of carbonyl (C=O) groups is 1. The van der Waals surface area contributed by atoms with Crippen molar-refractivity contribution in [1.82, 2.24) is 0 Å². The Morgan fingerprint density at radius 2 is 1.48 bits per heavy atom. The first-order chi connectivity index (χ1) is 12.2. The van der Waals surface area contributed by atoms with Crippen LogP contribution in [0.25, 0.3) is 0 Å². The van der Waals surface area contributed by atoms with Crippen LogP contribution in [0.2, 0.25) is 0 Å². The van der Waals surface area contributed by atoms with Crippen molar-refractivity contribution in [3.63, 3.8) is 0 Å². The van der Waals surface area contributed by atoms with Crippen LogP contribution in [0, 0.1) is 0 Å². The third-order valence-electron chi connectivity index (χ3n) is 3.10. The normalized spacial score (nSPS) is 15.1. The van der Waals surface area contributed by atoms with Crippen molar-refractivity contribution in [1.29, 1.82) is 0 Å². The summed E-state index contributed by atoms with van der Waals surface area (Å²) in [5.41, 5.74) is -0.299. The van der Waals surface area contributed by atoms with Crippen LogP contribution >= 0.6 is 0 Å². The molecule has 10 heteroatoms. The molecule has 0 aromatic heterocycles. The zero-order valence-corrected chi connectivity index (χ0v) is 17.7. The molecule has 0 radical (unpaired) electrons. The van der Waals surface area contributed by atoms with Crippen LogP contribution in [0.15, 0.2) is 30.3 Å². The third kappa shape index (κ3) is 10.4. The second kappa shape index (κ2) is 9.13. The van der Waals surface area contributed by atoms with E-state index in [2.05, 4.69) is 0 Å². The summed E-state index contributed by atoms with van der Waals surface area (Å²) >= 11 is 0. The van der Waals surface area contributed by atoms with Crippen LogP contribution in [0.4, 0.5) is 0 Å². The first-order valence-corrected chi connectivity index (χ1v) is 11.8.